The smallest absolute Gasteiger partial charge is 0.326 e. The molecule has 2 rings (SSSR count). The molecule has 1 aliphatic rings. The molecule has 2 atom stereocenters. The number of hydrogen-bond acceptors (Lipinski definition) is 3. The molecule has 2 amide bonds. The van der Waals surface area contributed by atoms with Crippen molar-refractivity contribution in [2.24, 2.45) is 0 Å². The van der Waals surface area contributed by atoms with E-state index in [1.807, 2.05) is 31.2 Å². The van der Waals surface area contributed by atoms with Gasteiger partial charge in [0, 0.05) is 19.5 Å². The summed E-state index contributed by atoms with van der Waals surface area (Å²) in [4.78, 5) is 24.3. The van der Waals surface area contributed by atoms with Gasteiger partial charge in [0.1, 0.15) is 6.04 Å². The number of aliphatic carboxylic acids is 1. The van der Waals surface area contributed by atoms with Crippen LogP contribution < -0.4 is 5.32 Å². The lowest BCUT2D eigenvalue weighted by atomic mass is 10.1. The molecule has 1 fully saturated rings. The molecular weight excluding hydrogens is 260 g/mol. The van der Waals surface area contributed by atoms with Crippen molar-refractivity contribution < 1.29 is 19.8 Å². The van der Waals surface area contributed by atoms with Gasteiger partial charge in [-0.05, 0) is 18.1 Å². The summed E-state index contributed by atoms with van der Waals surface area (Å²) in [6, 6.07) is 6.23. The molecule has 1 heterocycles. The number of amides is 2. The first kappa shape index (κ1) is 14.3. The predicted molar refractivity (Wildman–Crippen MR) is 72.2 cm³/mol. The van der Waals surface area contributed by atoms with Crippen LogP contribution in [-0.4, -0.2) is 45.8 Å². The Morgan fingerprint density at radius 1 is 1.40 bits per heavy atom. The molecule has 3 N–H and O–H groups in total. The topological polar surface area (TPSA) is 89.9 Å². The fraction of sp³-hybridized carbons (Fsp3) is 0.429. The number of rotatable bonds is 3. The van der Waals surface area contributed by atoms with Crippen LogP contribution in [0, 0.1) is 6.92 Å². The molecule has 1 aliphatic heterocycles. The van der Waals surface area contributed by atoms with E-state index >= 15 is 0 Å². The Bertz CT molecular complexity index is 518. The minimum Gasteiger partial charge on any atom is -0.480 e. The van der Waals surface area contributed by atoms with Crippen molar-refractivity contribution in [1.29, 1.82) is 0 Å². The number of aliphatic hydroxyl groups is 1. The second-order valence-corrected chi connectivity index (χ2v) is 4.98. The van der Waals surface area contributed by atoms with E-state index < -0.39 is 24.1 Å². The van der Waals surface area contributed by atoms with E-state index in [-0.39, 0.29) is 13.0 Å². The number of aryl methyl sites for hydroxylation is 1. The third-order valence-electron chi connectivity index (χ3n) is 3.52. The highest BCUT2D eigenvalue weighted by molar-refractivity contribution is 5.83. The molecule has 1 aromatic carbocycles. The molecule has 0 spiro atoms. The van der Waals surface area contributed by atoms with E-state index in [4.69, 9.17) is 5.11 Å². The summed E-state index contributed by atoms with van der Waals surface area (Å²) >= 11 is 0. The van der Waals surface area contributed by atoms with Crippen molar-refractivity contribution in [3.63, 3.8) is 0 Å². The molecule has 6 heteroatoms. The van der Waals surface area contributed by atoms with Crippen LogP contribution in [-0.2, 0) is 11.3 Å². The van der Waals surface area contributed by atoms with Crippen LogP contribution in [0.15, 0.2) is 24.3 Å². The summed E-state index contributed by atoms with van der Waals surface area (Å²) in [6.45, 7) is 2.34. The average Bonchev–Trinajstić information content (AvgIpc) is 2.80. The van der Waals surface area contributed by atoms with Crippen molar-refractivity contribution in [3.05, 3.63) is 35.4 Å². The largest absolute Gasteiger partial charge is 0.480 e. The molecule has 1 saturated heterocycles. The number of carbonyl (C=O) groups excluding carboxylic acids is 1. The van der Waals surface area contributed by atoms with Gasteiger partial charge in [0.25, 0.3) is 0 Å². The fourth-order valence-electron chi connectivity index (χ4n) is 2.35. The highest BCUT2D eigenvalue weighted by Gasteiger charge is 2.38. The van der Waals surface area contributed by atoms with Gasteiger partial charge in [-0.1, -0.05) is 24.3 Å². The number of nitrogens with zero attached hydrogens (tertiary/aromatic N) is 1. The minimum absolute atomic E-state index is 0.0522. The van der Waals surface area contributed by atoms with Crippen molar-refractivity contribution in [1.82, 2.24) is 10.2 Å². The maximum atomic E-state index is 12.0. The Labute approximate surface area is 117 Å². The summed E-state index contributed by atoms with van der Waals surface area (Å²) in [5.41, 5.74) is 2.04. The molecule has 108 valence electrons. The number of urea groups is 1. The Balaban J connectivity index is 1.98. The van der Waals surface area contributed by atoms with Gasteiger partial charge >= 0.3 is 12.0 Å². The predicted octanol–water partition coefficient (Wildman–Crippen LogP) is 0.724. The molecule has 0 aliphatic carbocycles. The first-order chi connectivity index (χ1) is 9.49. The van der Waals surface area contributed by atoms with Crippen LogP contribution in [0.1, 0.15) is 17.5 Å². The zero-order chi connectivity index (χ0) is 14.7. The maximum Gasteiger partial charge on any atom is 0.326 e. The van der Waals surface area contributed by atoms with Crippen LogP contribution in [0.3, 0.4) is 0 Å². The van der Waals surface area contributed by atoms with Gasteiger partial charge in [0.05, 0.1) is 6.10 Å². The Hall–Kier alpha value is -2.08. The molecule has 0 aromatic heterocycles. The number of hydrogen-bond donors (Lipinski definition) is 3. The lowest BCUT2D eigenvalue weighted by molar-refractivity contribution is -0.141. The van der Waals surface area contributed by atoms with E-state index in [0.717, 1.165) is 11.1 Å². The van der Waals surface area contributed by atoms with Crippen LogP contribution >= 0.6 is 0 Å². The maximum absolute atomic E-state index is 12.0. The van der Waals surface area contributed by atoms with Crippen molar-refractivity contribution in [3.8, 4) is 0 Å². The van der Waals surface area contributed by atoms with Gasteiger partial charge in [-0.2, -0.15) is 0 Å². The van der Waals surface area contributed by atoms with Crippen LogP contribution in [0.5, 0.6) is 0 Å². The van der Waals surface area contributed by atoms with Gasteiger partial charge in [-0.3, -0.25) is 0 Å². The van der Waals surface area contributed by atoms with E-state index in [0.29, 0.717) is 6.54 Å². The first-order valence-corrected chi connectivity index (χ1v) is 6.49. The zero-order valence-electron chi connectivity index (χ0n) is 11.2. The number of carbonyl (C=O) groups is 2. The van der Waals surface area contributed by atoms with Gasteiger partial charge in [-0.15, -0.1) is 0 Å². The molecule has 0 unspecified atom stereocenters. The first-order valence-electron chi connectivity index (χ1n) is 6.49. The standard InChI is InChI=1S/C14H18N2O4/c1-9-4-2-3-5-10(9)7-15-14(20)16-8-11(17)6-12(16)13(18)19/h2-5,11-12,17H,6-8H2,1H3,(H,15,20)(H,18,19)/t11-,12-/m0/s1. The number of aliphatic hydroxyl groups excluding tert-OH is 1. The van der Waals surface area contributed by atoms with E-state index in [1.165, 1.54) is 4.90 Å². The lowest BCUT2D eigenvalue weighted by Gasteiger charge is -2.21. The third kappa shape index (κ3) is 3.08. The zero-order valence-corrected chi connectivity index (χ0v) is 11.2. The Morgan fingerprint density at radius 3 is 2.75 bits per heavy atom. The number of likely N-dealkylation sites (tertiary alicyclic amines) is 1. The molecular formula is C14H18N2O4. The lowest BCUT2D eigenvalue weighted by Crippen LogP contribution is -2.46. The summed E-state index contributed by atoms with van der Waals surface area (Å²) in [5.74, 6) is -1.09. The molecule has 0 saturated carbocycles. The van der Waals surface area contributed by atoms with Gasteiger partial charge in [0.2, 0.25) is 0 Å². The van der Waals surface area contributed by atoms with Crippen molar-refractivity contribution in [2.45, 2.75) is 32.0 Å². The molecule has 20 heavy (non-hydrogen) atoms. The van der Waals surface area contributed by atoms with E-state index in [1.54, 1.807) is 0 Å². The molecule has 1 aromatic rings. The summed E-state index contributed by atoms with van der Waals surface area (Å²) < 4.78 is 0. The molecule has 6 nitrogen and oxygen atoms in total. The van der Waals surface area contributed by atoms with E-state index in [9.17, 15) is 14.7 Å². The number of benzene rings is 1. The third-order valence-corrected chi connectivity index (χ3v) is 3.52. The average molecular weight is 278 g/mol. The second kappa shape index (κ2) is 5.92. The summed E-state index contributed by atoms with van der Waals surface area (Å²) in [6.07, 6.45) is -0.701. The van der Waals surface area contributed by atoms with Crippen LogP contribution in [0.2, 0.25) is 0 Å². The van der Waals surface area contributed by atoms with Crippen LogP contribution in [0.25, 0.3) is 0 Å². The normalized spacial score (nSPS) is 21.8. The SMILES string of the molecule is Cc1ccccc1CNC(=O)N1C[C@@H](O)C[C@H]1C(=O)O. The number of carboxylic acid groups (broad SMARTS) is 1. The highest BCUT2D eigenvalue weighted by atomic mass is 16.4. The number of nitrogens with one attached hydrogen (secondary N) is 1. The Morgan fingerprint density at radius 2 is 2.10 bits per heavy atom. The van der Waals surface area contributed by atoms with Crippen LogP contribution in [0.4, 0.5) is 4.79 Å². The van der Waals surface area contributed by atoms with Gasteiger partial charge in [-0.25, -0.2) is 9.59 Å². The monoisotopic (exact) mass is 278 g/mol. The van der Waals surface area contributed by atoms with Crippen molar-refractivity contribution >= 4 is 12.0 Å². The fourth-order valence-corrected chi connectivity index (χ4v) is 2.35. The summed E-state index contributed by atoms with van der Waals surface area (Å²) in [7, 11) is 0. The molecule has 0 radical (unpaired) electrons. The van der Waals surface area contributed by atoms with Gasteiger partial charge in [0.15, 0.2) is 0 Å². The quantitative estimate of drug-likeness (QED) is 0.760. The van der Waals surface area contributed by atoms with E-state index in [2.05, 4.69) is 5.32 Å². The molecule has 0 bridgehead atoms. The second-order valence-electron chi connectivity index (χ2n) is 4.98. The number of β-amino-alcohol motifs (C(OH)–C–C–N with tert-alkyl or cyclic N) is 1. The summed E-state index contributed by atoms with van der Waals surface area (Å²) in [5, 5.41) is 21.3. The minimum atomic E-state index is -1.09. The highest BCUT2D eigenvalue weighted by Crippen LogP contribution is 2.18. The number of carboxylic acids is 1. The van der Waals surface area contributed by atoms with Crippen molar-refractivity contribution in [2.75, 3.05) is 6.54 Å². The van der Waals surface area contributed by atoms with Gasteiger partial charge < -0.3 is 20.4 Å². The Kier molecular flexibility index (Phi) is 4.24.